The normalized spacial score (nSPS) is 9.85. The van der Waals surface area contributed by atoms with E-state index in [9.17, 15) is 0 Å². The van der Waals surface area contributed by atoms with Gasteiger partial charge in [0.2, 0.25) is 0 Å². The molecule has 1 nitrogen and oxygen atoms in total. The van der Waals surface area contributed by atoms with Crippen molar-refractivity contribution in [2.45, 2.75) is 9.92 Å². The Morgan fingerprint density at radius 1 is 0.846 bits per heavy atom. The Bertz CT molecular complexity index is 321. The molecule has 0 saturated carbocycles. The smallest absolute Gasteiger partial charge is 0.101 e. The molecule has 1 aromatic heterocycles. The van der Waals surface area contributed by atoms with Gasteiger partial charge in [0, 0.05) is 11.1 Å². The second-order valence-electron chi connectivity index (χ2n) is 2.58. The molecule has 1 heterocycles. The number of pyridine rings is 1. The summed E-state index contributed by atoms with van der Waals surface area (Å²) in [5.74, 6) is 0. The zero-order chi connectivity index (χ0) is 8.93. The van der Waals surface area contributed by atoms with Crippen molar-refractivity contribution in [3.05, 3.63) is 54.7 Å². The molecule has 0 aliphatic heterocycles. The van der Waals surface area contributed by atoms with E-state index in [1.54, 1.807) is 11.8 Å². The van der Waals surface area contributed by atoms with Crippen LogP contribution in [0.2, 0.25) is 0 Å². The Balaban J connectivity index is 2.16. The van der Waals surface area contributed by atoms with Crippen LogP contribution in [0, 0.1) is 0 Å². The van der Waals surface area contributed by atoms with Crippen molar-refractivity contribution >= 4 is 11.8 Å². The van der Waals surface area contributed by atoms with E-state index in [0.29, 0.717) is 0 Å². The fourth-order valence-electron chi connectivity index (χ4n) is 1.02. The molecule has 2 aromatic rings. The molecule has 0 bridgehead atoms. The average Bonchev–Trinajstić information content (AvgIpc) is 2.21. The van der Waals surface area contributed by atoms with E-state index in [1.165, 1.54) is 4.90 Å². The molecule has 0 saturated heterocycles. The van der Waals surface area contributed by atoms with Gasteiger partial charge in [0.05, 0.1) is 0 Å². The third-order valence-electron chi connectivity index (χ3n) is 1.60. The summed E-state index contributed by atoms with van der Waals surface area (Å²) in [5, 5.41) is 1.04. The quantitative estimate of drug-likeness (QED) is 0.716. The molecular weight excluding hydrogens is 178 g/mol. The predicted molar refractivity (Wildman–Crippen MR) is 54.8 cm³/mol. The zero-order valence-electron chi connectivity index (χ0n) is 7.05. The molecule has 64 valence electrons. The Hall–Kier alpha value is -1.28. The van der Waals surface area contributed by atoms with Crippen LogP contribution in [0.3, 0.4) is 0 Å². The summed E-state index contributed by atoms with van der Waals surface area (Å²) in [6, 6.07) is 16.2. The molecule has 0 aliphatic carbocycles. The van der Waals surface area contributed by atoms with Crippen molar-refractivity contribution < 1.29 is 0 Å². The molecule has 13 heavy (non-hydrogen) atoms. The maximum atomic E-state index is 4.24. The van der Waals surface area contributed by atoms with Crippen LogP contribution < -0.4 is 0 Å². The highest BCUT2D eigenvalue weighted by molar-refractivity contribution is 7.99. The summed E-state index contributed by atoms with van der Waals surface area (Å²) in [7, 11) is 0. The van der Waals surface area contributed by atoms with Crippen molar-refractivity contribution in [1.82, 2.24) is 4.98 Å². The van der Waals surface area contributed by atoms with E-state index in [0.717, 1.165) is 5.03 Å². The van der Waals surface area contributed by atoms with Gasteiger partial charge in [0.15, 0.2) is 0 Å². The van der Waals surface area contributed by atoms with E-state index < -0.39 is 0 Å². The van der Waals surface area contributed by atoms with Crippen molar-refractivity contribution in [2.24, 2.45) is 0 Å². The molecule has 0 unspecified atom stereocenters. The molecule has 0 amide bonds. The number of rotatable bonds is 2. The highest BCUT2D eigenvalue weighted by Crippen LogP contribution is 2.24. The van der Waals surface area contributed by atoms with Gasteiger partial charge in [-0.3, -0.25) is 0 Å². The van der Waals surface area contributed by atoms with Gasteiger partial charge in [0.1, 0.15) is 5.03 Å². The maximum Gasteiger partial charge on any atom is 0.101 e. The van der Waals surface area contributed by atoms with Gasteiger partial charge >= 0.3 is 0 Å². The molecule has 0 fully saturated rings. The van der Waals surface area contributed by atoms with Crippen LogP contribution in [0.5, 0.6) is 0 Å². The SMILES string of the molecule is c1ccc(Sc2ccccn2)cc1. The lowest BCUT2D eigenvalue weighted by Gasteiger charge is -1.98. The van der Waals surface area contributed by atoms with E-state index in [-0.39, 0.29) is 0 Å². The van der Waals surface area contributed by atoms with Gasteiger partial charge in [-0.2, -0.15) is 0 Å². The first kappa shape index (κ1) is 8.32. The predicted octanol–water partition coefficient (Wildman–Crippen LogP) is 3.23. The van der Waals surface area contributed by atoms with Gasteiger partial charge in [-0.1, -0.05) is 36.0 Å². The average molecular weight is 187 g/mol. The van der Waals surface area contributed by atoms with Crippen molar-refractivity contribution in [3.8, 4) is 0 Å². The van der Waals surface area contributed by atoms with E-state index in [2.05, 4.69) is 17.1 Å². The van der Waals surface area contributed by atoms with E-state index >= 15 is 0 Å². The standard InChI is InChI=1S/C11H9NS/c1-2-6-10(7-3-1)13-11-8-4-5-9-12-11/h1-9H. The van der Waals surface area contributed by atoms with Crippen LogP contribution in [0.25, 0.3) is 0 Å². The molecule has 0 spiro atoms. The lowest BCUT2D eigenvalue weighted by molar-refractivity contribution is 1.13. The van der Waals surface area contributed by atoms with E-state index in [1.807, 2.05) is 42.6 Å². The van der Waals surface area contributed by atoms with Crippen LogP contribution in [-0.2, 0) is 0 Å². The monoisotopic (exact) mass is 187 g/mol. The van der Waals surface area contributed by atoms with Gasteiger partial charge in [-0.25, -0.2) is 4.98 Å². The van der Waals surface area contributed by atoms with Gasteiger partial charge in [-0.05, 0) is 24.3 Å². The molecule has 0 atom stereocenters. The van der Waals surface area contributed by atoms with Crippen molar-refractivity contribution in [1.29, 1.82) is 0 Å². The topological polar surface area (TPSA) is 12.9 Å². The second kappa shape index (κ2) is 4.10. The van der Waals surface area contributed by atoms with Crippen LogP contribution in [-0.4, -0.2) is 4.98 Å². The summed E-state index contributed by atoms with van der Waals surface area (Å²) in [5.41, 5.74) is 0. The summed E-state index contributed by atoms with van der Waals surface area (Å²) >= 11 is 1.68. The van der Waals surface area contributed by atoms with Crippen LogP contribution in [0.4, 0.5) is 0 Å². The van der Waals surface area contributed by atoms with Crippen LogP contribution >= 0.6 is 11.8 Å². The minimum Gasteiger partial charge on any atom is -0.250 e. The van der Waals surface area contributed by atoms with Crippen molar-refractivity contribution in [2.75, 3.05) is 0 Å². The number of hydrogen-bond donors (Lipinski definition) is 0. The molecule has 2 heteroatoms. The van der Waals surface area contributed by atoms with Gasteiger partial charge < -0.3 is 0 Å². The number of hydrogen-bond acceptors (Lipinski definition) is 2. The highest BCUT2D eigenvalue weighted by Gasteiger charge is 1.94. The summed E-state index contributed by atoms with van der Waals surface area (Å²) in [6.07, 6.45) is 1.81. The first-order chi connectivity index (χ1) is 6.45. The summed E-state index contributed by atoms with van der Waals surface area (Å²) < 4.78 is 0. The Labute approximate surface area is 81.8 Å². The molecule has 1 aromatic carbocycles. The molecular formula is C11H9NS. The van der Waals surface area contributed by atoms with Crippen LogP contribution in [0.1, 0.15) is 0 Å². The molecule has 0 aliphatic rings. The molecule has 0 N–H and O–H groups in total. The fourth-order valence-corrected chi connectivity index (χ4v) is 1.81. The third-order valence-corrected chi connectivity index (χ3v) is 2.56. The minimum absolute atomic E-state index is 1.04. The molecule has 2 rings (SSSR count). The number of aromatic nitrogens is 1. The lowest BCUT2D eigenvalue weighted by atomic mass is 10.4. The Morgan fingerprint density at radius 3 is 2.31 bits per heavy atom. The highest BCUT2D eigenvalue weighted by atomic mass is 32.2. The number of nitrogens with zero attached hydrogens (tertiary/aromatic N) is 1. The summed E-state index contributed by atoms with van der Waals surface area (Å²) in [6.45, 7) is 0. The first-order valence-electron chi connectivity index (χ1n) is 4.09. The fraction of sp³-hybridized carbons (Fsp3) is 0. The first-order valence-corrected chi connectivity index (χ1v) is 4.91. The number of benzene rings is 1. The Morgan fingerprint density at radius 2 is 1.62 bits per heavy atom. The van der Waals surface area contributed by atoms with E-state index in [4.69, 9.17) is 0 Å². The van der Waals surface area contributed by atoms with Gasteiger partial charge in [-0.15, -0.1) is 0 Å². The largest absolute Gasteiger partial charge is 0.250 e. The van der Waals surface area contributed by atoms with Crippen LogP contribution in [0.15, 0.2) is 64.6 Å². The second-order valence-corrected chi connectivity index (χ2v) is 3.68. The third kappa shape index (κ3) is 2.33. The van der Waals surface area contributed by atoms with Crippen molar-refractivity contribution in [3.63, 3.8) is 0 Å². The lowest BCUT2D eigenvalue weighted by Crippen LogP contribution is -1.76. The molecule has 0 radical (unpaired) electrons. The summed E-state index contributed by atoms with van der Waals surface area (Å²) in [4.78, 5) is 5.46. The zero-order valence-corrected chi connectivity index (χ0v) is 7.87. The minimum atomic E-state index is 1.04. The van der Waals surface area contributed by atoms with Gasteiger partial charge in [0.25, 0.3) is 0 Å². The maximum absolute atomic E-state index is 4.24. The Kier molecular flexibility index (Phi) is 2.62.